The van der Waals surface area contributed by atoms with Crippen molar-refractivity contribution in [3.63, 3.8) is 0 Å². The minimum Gasteiger partial charge on any atom is -0.465 e. The predicted molar refractivity (Wildman–Crippen MR) is 74.5 cm³/mol. The fraction of sp³-hybridized carbons (Fsp3) is 0.308. The molecule has 2 heterocycles. The van der Waals surface area contributed by atoms with E-state index < -0.39 is 11.2 Å². The van der Waals surface area contributed by atoms with E-state index in [1.165, 1.54) is 6.92 Å². The van der Waals surface area contributed by atoms with Crippen molar-refractivity contribution in [3.8, 4) is 11.5 Å². The van der Waals surface area contributed by atoms with Crippen molar-refractivity contribution in [2.75, 3.05) is 6.61 Å². The van der Waals surface area contributed by atoms with Gasteiger partial charge in [0.15, 0.2) is 11.0 Å². The molecular formula is C13H13N3O4S. The molecule has 0 aromatic carbocycles. The number of carbonyl (C=O) groups is 2. The Morgan fingerprint density at radius 2 is 2.24 bits per heavy atom. The Morgan fingerprint density at radius 3 is 2.86 bits per heavy atom. The van der Waals surface area contributed by atoms with Gasteiger partial charge in [0.25, 0.3) is 5.22 Å². The van der Waals surface area contributed by atoms with Crippen LogP contribution in [-0.2, 0) is 14.3 Å². The van der Waals surface area contributed by atoms with Crippen molar-refractivity contribution in [3.05, 3.63) is 24.5 Å². The van der Waals surface area contributed by atoms with Gasteiger partial charge in [0.05, 0.1) is 12.2 Å². The van der Waals surface area contributed by atoms with E-state index in [2.05, 4.69) is 15.2 Å². The molecule has 1 atom stereocenters. The summed E-state index contributed by atoms with van der Waals surface area (Å²) in [5.74, 6) is -0.674. The van der Waals surface area contributed by atoms with Gasteiger partial charge < -0.3 is 9.15 Å². The van der Waals surface area contributed by atoms with E-state index in [4.69, 9.17) is 9.15 Å². The molecule has 2 aromatic heterocycles. The molecule has 0 saturated carbocycles. The van der Waals surface area contributed by atoms with Gasteiger partial charge in [-0.2, -0.15) is 0 Å². The van der Waals surface area contributed by atoms with Gasteiger partial charge in [-0.3, -0.25) is 14.6 Å². The lowest BCUT2D eigenvalue weighted by Gasteiger charge is -2.09. The maximum absolute atomic E-state index is 11.7. The molecule has 1 unspecified atom stereocenters. The Morgan fingerprint density at radius 1 is 1.43 bits per heavy atom. The first kappa shape index (κ1) is 15.2. The van der Waals surface area contributed by atoms with Crippen LogP contribution in [0, 0.1) is 0 Å². The van der Waals surface area contributed by atoms with Crippen molar-refractivity contribution in [2.24, 2.45) is 0 Å². The van der Waals surface area contributed by atoms with Crippen LogP contribution in [0.4, 0.5) is 0 Å². The number of ketones is 1. The zero-order valence-electron chi connectivity index (χ0n) is 11.5. The molecule has 0 spiro atoms. The van der Waals surface area contributed by atoms with Gasteiger partial charge in [0, 0.05) is 12.4 Å². The van der Waals surface area contributed by atoms with Crippen LogP contribution in [-0.4, -0.2) is 38.8 Å². The smallest absolute Gasteiger partial charge is 0.327 e. The van der Waals surface area contributed by atoms with Crippen LogP contribution in [0.5, 0.6) is 0 Å². The Kier molecular flexibility index (Phi) is 5.04. The lowest BCUT2D eigenvalue weighted by molar-refractivity contribution is -0.144. The van der Waals surface area contributed by atoms with E-state index >= 15 is 0 Å². The summed E-state index contributed by atoms with van der Waals surface area (Å²) in [5.41, 5.74) is 0.660. The minimum absolute atomic E-state index is 0.127. The van der Waals surface area contributed by atoms with Gasteiger partial charge in [0.1, 0.15) is 0 Å². The van der Waals surface area contributed by atoms with Crippen LogP contribution in [0.25, 0.3) is 11.5 Å². The average Bonchev–Trinajstić information content (AvgIpc) is 2.94. The molecule has 0 amide bonds. The lowest BCUT2D eigenvalue weighted by atomic mass is 10.3. The Hall–Kier alpha value is -2.22. The summed E-state index contributed by atoms with van der Waals surface area (Å²) in [4.78, 5) is 27.2. The molecule has 0 aliphatic rings. The molecule has 0 radical (unpaired) electrons. The standard InChI is InChI=1S/C13H13N3O4S/c1-3-19-12(18)10(8(2)17)21-13-16-15-11(20-13)9-5-4-6-14-7-9/h4-7,10H,3H2,1-2H3. The molecule has 0 N–H and O–H groups in total. The minimum atomic E-state index is -1.01. The van der Waals surface area contributed by atoms with Crippen LogP contribution >= 0.6 is 11.8 Å². The van der Waals surface area contributed by atoms with Crippen LogP contribution < -0.4 is 0 Å². The lowest BCUT2D eigenvalue weighted by Crippen LogP contribution is -2.27. The summed E-state index contributed by atoms with van der Waals surface area (Å²) in [6.45, 7) is 3.19. The second-order valence-corrected chi connectivity index (χ2v) is 5.03. The SMILES string of the molecule is CCOC(=O)C(Sc1nnc(-c2cccnc2)o1)C(C)=O. The Labute approximate surface area is 125 Å². The third-order valence-electron chi connectivity index (χ3n) is 2.40. The summed E-state index contributed by atoms with van der Waals surface area (Å²) >= 11 is 0.876. The monoisotopic (exact) mass is 307 g/mol. The number of esters is 1. The van der Waals surface area contributed by atoms with Crippen LogP contribution in [0.15, 0.2) is 34.2 Å². The van der Waals surface area contributed by atoms with E-state index in [1.54, 1.807) is 31.5 Å². The molecule has 0 aliphatic carbocycles. The number of Topliss-reactive ketones (excluding diaryl/α,β-unsaturated/α-hetero) is 1. The maximum Gasteiger partial charge on any atom is 0.327 e. The average molecular weight is 307 g/mol. The topological polar surface area (TPSA) is 95.2 Å². The maximum atomic E-state index is 11.7. The molecule has 21 heavy (non-hydrogen) atoms. The Balaban J connectivity index is 2.14. The van der Waals surface area contributed by atoms with Crippen molar-refractivity contribution >= 4 is 23.5 Å². The van der Waals surface area contributed by atoms with Crippen molar-refractivity contribution in [2.45, 2.75) is 24.3 Å². The number of carbonyl (C=O) groups excluding carboxylic acids is 2. The number of thioether (sulfide) groups is 1. The van der Waals surface area contributed by atoms with Crippen LogP contribution in [0.2, 0.25) is 0 Å². The third kappa shape index (κ3) is 3.88. The van der Waals surface area contributed by atoms with E-state index in [1.807, 2.05) is 0 Å². The van der Waals surface area contributed by atoms with Crippen molar-refractivity contribution < 1.29 is 18.7 Å². The largest absolute Gasteiger partial charge is 0.465 e. The number of rotatable bonds is 6. The first-order valence-electron chi connectivity index (χ1n) is 6.19. The zero-order valence-corrected chi connectivity index (χ0v) is 12.3. The highest BCUT2D eigenvalue weighted by molar-refractivity contribution is 8.01. The van der Waals surface area contributed by atoms with Gasteiger partial charge in [-0.05, 0) is 37.7 Å². The van der Waals surface area contributed by atoms with E-state index in [0.29, 0.717) is 5.56 Å². The van der Waals surface area contributed by atoms with E-state index in [0.717, 1.165) is 11.8 Å². The third-order valence-corrected chi connectivity index (χ3v) is 3.53. The predicted octanol–water partition coefficient (Wildman–Crippen LogP) is 1.74. The van der Waals surface area contributed by atoms with Gasteiger partial charge in [-0.1, -0.05) is 0 Å². The molecular weight excluding hydrogens is 294 g/mol. The van der Waals surface area contributed by atoms with Crippen LogP contribution in [0.1, 0.15) is 13.8 Å². The molecule has 2 aromatic rings. The number of hydrogen-bond acceptors (Lipinski definition) is 8. The Bertz CT molecular complexity index is 629. The first-order chi connectivity index (χ1) is 10.1. The van der Waals surface area contributed by atoms with Crippen molar-refractivity contribution in [1.82, 2.24) is 15.2 Å². The normalized spacial score (nSPS) is 11.9. The summed E-state index contributed by atoms with van der Waals surface area (Å²) in [6.07, 6.45) is 3.21. The van der Waals surface area contributed by atoms with Crippen molar-refractivity contribution in [1.29, 1.82) is 0 Å². The van der Waals surface area contributed by atoms with E-state index in [-0.39, 0.29) is 23.5 Å². The van der Waals surface area contributed by atoms with Gasteiger partial charge >= 0.3 is 5.97 Å². The molecule has 110 valence electrons. The quantitative estimate of drug-likeness (QED) is 0.452. The van der Waals surface area contributed by atoms with Crippen LogP contribution in [0.3, 0.4) is 0 Å². The summed E-state index contributed by atoms with van der Waals surface area (Å²) < 4.78 is 10.3. The highest BCUT2D eigenvalue weighted by atomic mass is 32.2. The number of ether oxygens (including phenoxy) is 1. The molecule has 0 aliphatic heterocycles. The van der Waals surface area contributed by atoms with Gasteiger partial charge in [-0.25, -0.2) is 0 Å². The zero-order chi connectivity index (χ0) is 15.2. The molecule has 0 fully saturated rings. The highest BCUT2D eigenvalue weighted by Gasteiger charge is 2.28. The fourth-order valence-electron chi connectivity index (χ4n) is 1.48. The molecule has 0 bridgehead atoms. The van der Waals surface area contributed by atoms with E-state index in [9.17, 15) is 9.59 Å². The highest BCUT2D eigenvalue weighted by Crippen LogP contribution is 2.26. The first-order valence-corrected chi connectivity index (χ1v) is 7.07. The number of hydrogen-bond donors (Lipinski definition) is 0. The molecule has 8 heteroatoms. The fourth-order valence-corrected chi connectivity index (χ4v) is 2.23. The molecule has 2 rings (SSSR count). The molecule has 7 nitrogen and oxygen atoms in total. The summed E-state index contributed by atoms with van der Waals surface area (Å²) in [7, 11) is 0. The second kappa shape index (κ2) is 6.98. The number of pyridine rings is 1. The second-order valence-electron chi connectivity index (χ2n) is 3.98. The number of nitrogens with zero attached hydrogens (tertiary/aromatic N) is 3. The van der Waals surface area contributed by atoms with Gasteiger partial charge in [-0.15, -0.1) is 10.2 Å². The number of aromatic nitrogens is 3. The van der Waals surface area contributed by atoms with Gasteiger partial charge in [0.2, 0.25) is 5.89 Å². The summed E-state index contributed by atoms with van der Waals surface area (Å²) in [6, 6.07) is 3.51. The summed E-state index contributed by atoms with van der Waals surface area (Å²) in [5, 5.41) is 6.80. The molecule has 0 saturated heterocycles.